The second-order valence-corrected chi connectivity index (χ2v) is 7.10. The maximum Gasteiger partial charge on any atom is 0.287 e. The number of aryl methyl sites for hydroxylation is 1. The van der Waals surface area contributed by atoms with Crippen molar-refractivity contribution in [2.24, 2.45) is 0 Å². The van der Waals surface area contributed by atoms with Crippen LogP contribution < -0.4 is 14.8 Å². The average molecular weight is 404 g/mol. The predicted molar refractivity (Wildman–Crippen MR) is 115 cm³/mol. The molecule has 0 aliphatic heterocycles. The van der Waals surface area contributed by atoms with Gasteiger partial charge in [0.15, 0.2) is 5.76 Å². The van der Waals surface area contributed by atoms with Crippen LogP contribution in [0.4, 0.5) is 0 Å². The van der Waals surface area contributed by atoms with E-state index in [-0.39, 0.29) is 18.3 Å². The van der Waals surface area contributed by atoms with Crippen LogP contribution >= 0.6 is 0 Å². The Morgan fingerprint density at radius 2 is 1.87 bits per heavy atom. The molecule has 0 aliphatic carbocycles. The molecule has 0 saturated heterocycles. The first-order chi connectivity index (χ1) is 14.6. The van der Waals surface area contributed by atoms with Gasteiger partial charge in [-0.15, -0.1) is 0 Å². The van der Waals surface area contributed by atoms with Crippen LogP contribution in [-0.4, -0.2) is 24.5 Å². The summed E-state index contributed by atoms with van der Waals surface area (Å²) in [5, 5.41) is 4.03. The molecule has 2 heterocycles. The molecule has 2 aromatic heterocycles. The molecule has 1 amide bonds. The normalized spacial score (nSPS) is 10.9. The highest BCUT2D eigenvalue weighted by Gasteiger charge is 2.12. The van der Waals surface area contributed by atoms with Crippen LogP contribution in [0.5, 0.6) is 11.5 Å². The Labute approximate surface area is 174 Å². The molecular weight excluding hydrogens is 380 g/mol. The molecule has 0 atom stereocenters. The molecule has 0 aliphatic rings. The van der Waals surface area contributed by atoms with E-state index in [9.17, 15) is 4.79 Å². The molecule has 6 nitrogen and oxygen atoms in total. The third-order valence-corrected chi connectivity index (χ3v) is 4.94. The monoisotopic (exact) mass is 404 g/mol. The van der Waals surface area contributed by atoms with E-state index in [4.69, 9.17) is 13.9 Å². The van der Waals surface area contributed by atoms with Crippen molar-refractivity contribution in [1.29, 1.82) is 0 Å². The molecule has 4 aromatic rings. The third kappa shape index (κ3) is 4.49. The summed E-state index contributed by atoms with van der Waals surface area (Å²) >= 11 is 0. The number of H-pyrrole nitrogens is 1. The first-order valence-electron chi connectivity index (χ1n) is 9.83. The summed E-state index contributed by atoms with van der Waals surface area (Å²) in [6.07, 6.45) is 2.67. The van der Waals surface area contributed by atoms with Gasteiger partial charge in [0.05, 0.1) is 7.11 Å². The number of amides is 1. The molecule has 6 heteroatoms. The van der Waals surface area contributed by atoms with Crippen molar-refractivity contribution in [3.8, 4) is 11.5 Å². The number of carbonyl (C=O) groups excluding carboxylic acids is 1. The molecule has 2 N–H and O–H groups in total. The van der Waals surface area contributed by atoms with Crippen LogP contribution in [0, 0.1) is 6.92 Å². The smallest absolute Gasteiger partial charge is 0.287 e. The van der Waals surface area contributed by atoms with Crippen molar-refractivity contribution in [1.82, 2.24) is 10.3 Å². The lowest BCUT2D eigenvalue weighted by Gasteiger charge is -2.05. The molecule has 154 valence electrons. The van der Waals surface area contributed by atoms with Crippen molar-refractivity contribution >= 4 is 16.8 Å². The van der Waals surface area contributed by atoms with Gasteiger partial charge in [-0.25, -0.2) is 0 Å². The fourth-order valence-corrected chi connectivity index (χ4v) is 3.26. The Kier molecular flexibility index (Phi) is 5.75. The fourth-order valence-electron chi connectivity index (χ4n) is 3.26. The fraction of sp³-hybridized carbons (Fsp3) is 0.208. The zero-order chi connectivity index (χ0) is 20.9. The molecular formula is C24H24N2O4. The van der Waals surface area contributed by atoms with E-state index < -0.39 is 0 Å². The van der Waals surface area contributed by atoms with Crippen LogP contribution in [0.15, 0.2) is 65.2 Å². The molecule has 0 bridgehead atoms. The van der Waals surface area contributed by atoms with Crippen molar-refractivity contribution in [3.05, 3.63) is 83.4 Å². The molecule has 2 aromatic carbocycles. The summed E-state index contributed by atoms with van der Waals surface area (Å²) in [4.78, 5) is 15.6. The van der Waals surface area contributed by atoms with E-state index in [0.717, 1.165) is 28.0 Å². The maximum absolute atomic E-state index is 12.4. The summed E-state index contributed by atoms with van der Waals surface area (Å²) in [5.41, 5.74) is 3.33. The van der Waals surface area contributed by atoms with E-state index in [0.29, 0.717) is 18.7 Å². The summed E-state index contributed by atoms with van der Waals surface area (Å²) in [7, 11) is 1.65. The molecule has 30 heavy (non-hydrogen) atoms. The molecule has 0 saturated carbocycles. The molecule has 4 rings (SSSR count). The van der Waals surface area contributed by atoms with E-state index in [1.165, 1.54) is 5.56 Å². The Bertz CT molecular complexity index is 1140. The lowest BCUT2D eigenvalue weighted by atomic mass is 10.1. The van der Waals surface area contributed by atoms with Gasteiger partial charge in [-0.3, -0.25) is 4.79 Å². The highest BCUT2D eigenvalue weighted by molar-refractivity contribution is 5.91. The molecule has 0 spiro atoms. The zero-order valence-electron chi connectivity index (χ0n) is 17.0. The minimum atomic E-state index is -0.238. The summed E-state index contributed by atoms with van der Waals surface area (Å²) < 4.78 is 16.6. The van der Waals surface area contributed by atoms with Gasteiger partial charge >= 0.3 is 0 Å². The number of furan rings is 1. The number of ether oxygens (including phenoxy) is 2. The first kappa shape index (κ1) is 19.6. The van der Waals surface area contributed by atoms with E-state index in [2.05, 4.69) is 10.3 Å². The number of aromatic nitrogens is 1. The van der Waals surface area contributed by atoms with Crippen molar-refractivity contribution in [2.45, 2.75) is 20.0 Å². The second kappa shape index (κ2) is 8.78. The quantitative estimate of drug-likeness (QED) is 0.449. The largest absolute Gasteiger partial charge is 0.497 e. The first-order valence-corrected chi connectivity index (χ1v) is 9.83. The number of aromatic amines is 1. The highest BCUT2D eigenvalue weighted by atomic mass is 16.5. The van der Waals surface area contributed by atoms with Gasteiger partial charge in [-0.1, -0.05) is 17.7 Å². The zero-order valence-corrected chi connectivity index (χ0v) is 17.0. The van der Waals surface area contributed by atoms with E-state index >= 15 is 0 Å². The molecule has 0 radical (unpaired) electrons. The number of rotatable bonds is 8. The Morgan fingerprint density at radius 1 is 1.07 bits per heavy atom. The topological polar surface area (TPSA) is 76.5 Å². The predicted octanol–water partition coefficient (Wildman–Crippen LogP) is 4.63. The standard InChI is InChI=1S/C24H24N2O4/c1-16-3-5-18(6-4-16)29-15-20-8-10-23(30-20)24(27)25-12-11-17-14-26-22-13-19(28-2)7-9-21(17)22/h3-10,13-14,26H,11-12,15H2,1-2H3,(H,25,27). The van der Waals surface area contributed by atoms with Gasteiger partial charge in [-0.2, -0.15) is 0 Å². The highest BCUT2D eigenvalue weighted by Crippen LogP contribution is 2.23. The minimum absolute atomic E-state index is 0.238. The van der Waals surface area contributed by atoms with Crippen LogP contribution in [0.25, 0.3) is 10.9 Å². The Morgan fingerprint density at radius 3 is 2.67 bits per heavy atom. The van der Waals surface area contributed by atoms with Crippen LogP contribution in [0.3, 0.4) is 0 Å². The van der Waals surface area contributed by atoms with Gasteiger partial charge in [0.1, 0.15) is 23.9 Å². The Balaban J connectivity index is 1.29. The summed E-state index contributed by atoms with van der Waals surface area (Å²) in [6, 6.07) is 17.1. The van der Waals surface area contributed by atoms with E-state index in [1.807, 2.05) is 55.6 Å². The summed E-state index contributed by atoms with van der Waals surface area (Å²) in [5.74, 6) is 2.22. The number of benzene rings is 2. The number of fused-ring (bicyclic) bond motifs is 1. The van der Waals surface area contributed by atoms with E-state index in [1.54, 1.807) is 19.2 Å². The number of hydrogen-bond acceptors (Lipinski definition) is 4. The maximum atomic E-state index is 12.4. The van der Waals surface area contributed by atoms with Crippen molar-refractivity contribution < 1.29 is 18.7 Å². The van der Waals surface area contributed by atoms with Crippen LogP contribution in [0.2, 0.25) is 0 Å². The van der Waals surface area contributed by atoms with Gasteiger partial charge < -0.3 is 24.2 Å². The van der Waals surface area contributed by atoms with Crippen LogP contribution in [-0.2, 0) is 13.0 Å². The molecule has 0 fully saturated rings. The number of hydrogen-bond donors (Lipinski definition) is 2. The second-order valence-electron chi connectivity index (χ2n) is 7.10. The number of methoxy groups -OCH3 is 1. The Hall–Kier alpha value is -3.67. The van der Waals surface area contributed by atoms with Crippen molar-refractivity contribution in [3.63, 3.8) is 0 Å². The number of nitrogens with one attached hydrogen (secondary N) is 2. The van der Waals surface area contributed by atoms with Gasteiger partial charge in [0, 0.05) is 29.7 Å². The van der Waals surface area contributed by atoms with Crippen molar-refractivity contribution in [2.75, 3.05) is 13.7 Å². The SMILES string of the molecule is COc1ccc2c(CCNC(=O)c3ccc(COc4ccc(C)cc4)o3)c[nH]c2c1. The molecule has 0 unspecified atom stereocenters. The van der Waals surface area contributed by atoms with Crippen LogP contribution in [0.1, 0.15) is 27.4 Å². The average Bonchev–Trinajstić information content (AvgIpc) is 3.40. The summed E-state index contributed by atoms with van der Waals surface area (Å²) in [6.45, 7) is 2.81. The van der Waals surface area contributed by atoms with Gasteiger partial charge in [-0.05, 0) is 55.3 Å². The lowest BCUT2D eigenvalue weighted by Crippen LogP contribution is -2.25. The lowest BCUT2D eigenvalue weighted by molar-refractivity contribution is 0.0922. The number of carbonyl (C=O) groups is 1. The van der Waals surface area contributed by atoms with Gasteiger partial charge in [0.25, 0.3) is 5.91 Å². The minimum Gasteiger partial charge on any atom is -0.497 e. The third-order valence-electron chi connectivity index (χ3n) is 4.94. The van der Waals surface area contributed by atoms with Gasteiger partial charge in [0.2, 0.25) is 0 Å².